The van der Waals surface area contributed by atoms with Crippen molar-refractivity contribution in [3.8, 4) is 0 Å². The minimum atomic E-state index is -1.47. The van der Waals surface area contributed by atoms with Gasteiger partial charge in [0.05, 0.1) is 47.2 Å². The molecule has 15 atom stereocenters. The molecule has 13 aliphatic rings. The molecule has 0 amide bonds. The second-order valence-corrected chi connectivity index (χ2v) is 28.7. The molecule has 3 aliphatic heterocycles. The first-order chi connectivity index (χ1) is 33.1. The molecule has 10 saturated carbocycles. The van der Waals surface area contributed by atoms with E-state index in [-0.39, 0.29) is 89.3 Å². The molecule has 0 spiro atoms. The van der Waals surface area contributed by atoms with Crippen molar-refractivity contribution < 1.29 is 62.0 Å². The Morgan fingerprint density at radius 2 is 1.30 bits per heavy atom. The van der Waals surface area contributed by atoms with Crippen LogP contribution >= 0.6 is 0 Å². The SMILES string of the molecule is CC1C(=O)OC(=O)C1C(C)(C)C(C)(CC(C)(C)C(C)(CC(C)(C)C1C(C)C2CC1C1COC(=O)C21)C(=O)OC12CC3CC(C1)CC(C(=O)OC1CCCCO1)(C3)C2)C(=O)OC12CC3CC(C1)C(=O)C(C3)C2. The van der Waals surface area contributed by atoms with Crippen molar-refractivity contribution in [3.05, 3.63) is 0 Å². The van der Waals surface area contributed by atoms with Gasteiger partial charge in [0.2, 0.25) is 6.29 Å². The molecule has 71 heavy (non-hydrogen) atoms. The number of ether oxygens (including phenoxy) is 6. The molecule has 0 aromatic carbocycles. The lowest BCUT2D eigenvalue weighted by molar-refractivity contribution is -0.237. The summed E-state index contributed by atoms with van der Waals surface area (Å²) >= 11 is 0. The van der Waals surface area contributed by atoms with Crippen LogP contribution in [0.1, 0.15) is 178 Å². The maximum Gasteiger partial charge on any atom is 0.318 e. The van der Waals surface area contributed by atoms with Crippen molar-refractivity contribution >= 4 is 41.6 Å². The lowest BCUT2D eigenvalue weighted by atomic mass is 9.47. The number of rotatable bonds is 14. The molecule has 0 aromatic rings. The fourth-order valence-electron chi connectivity index (χ4n) is 20.1. The van der Waals surface area contributed by atoms with Crippen molar-refractivity contribution in [1.82, 2.24) is 0 Å². The van der Waals surface area contributed by atoms with Crippen LogP contribution < -0.4 is 0 Å². The van der Waals surface area contributed by atoms with Gasteiger partial charge in [-0.3, -0.25) is 33.6 Å². The van der Waals surface area contributed by atoms with Crippen LogP contribution in [0, 0.1) is 109 Å². The van der Waals surface area contributed by atoms with Crippen molar-refractivity contribution in [3.63, 3.8) is 0 Å². The van der Waals surface area contributed by atoms with E-state index in [1.54, 1.807) is 6.92 Å². The Balaban J connectivity index is 0.963. The summed E-state index contributed by atoms with van der Waals surface area (Å²) in [6.45, 7) is 21.2. The predicted octanol–water partition coefficient (Wildman–Crippen LogP) is 9.53. The number of ketones is 1. The summed E-state index contributed by atoms with van der Waals surface area (Å²) < 4.78 is 37.3. The summed E-state index contributed by atoms with van der Waals surface area (Å²) in [5, 5.41) is 0. The Morgan fingerprint density at radius 1 is 0.662 bits per heavy atom. The van der Waals surface area contributed by atoms with Gasteiger partial charge in [0.25, 0.3) is 0 Å². The first-order valence-electron chi connectivity index (χ1n) is 27.9. The van der Waals surface area contributed by atoms with Crippen LogP contribution in [0.3, 0.4) is 0 Å². The van der Waals surface area contributed by atoms with E-state index >= 15 is 9.59 Å². The Morgan fingerprint density at radius 3 is 1.92 bits per heavy atom. The molecule has 0 radical (unpaired) electrons. The second-order valence-electron chi connectivity index (χ2n) is 28.7. The van der Waals surface area contributed by atoms with Crippen LogP contribution in [0.4, 0.5) is 0 Å². The Bertz CT molecular complexity index is 2260. The second kappa shape index (κ2) is 16.3. The number of hydrogen-bond donors (Lipinski definition) is 0. The van der Waals surface area contributed by atoms with E-state index in [1.165, 1.54) is 0 Å². The highest BCUT2D eigenvalue weighted by atomic mass is 16.7. The van der Waals surface area contributed by atoms with Gasteiger partial charge in [-0.25, -0.2) is 0 Å². The zero-order valence-electron chi connectivity index (χ0n) is 44.3. The number of esters is 6. The molecule has 13 fully saturated rings. The third-order valence-corrected chi connectivity index (χ3v) is 23.2. The maximum atomic E-state index is 16.3. The van der Waals surface area contributed by atoms with Gasteiger partial charge in [0, 0.05) is 30.6 Å². The van der Waals surface area contributed by atoms with E-state index in [1.807, 2.05) is 27.7 Å². The van der Waals surface area contributed by atoms with E-state index in [9.17, 15) is 24.0 Å². The van der Waals surface area contributed by atoms with Gasteiger partial charge in [-0.05, 0) is 168 Å². The molecule has 13 rings (SSSR count). The number of cyclic esters (lactones) is 3. The third-order valence-electron chi connectivity index (χ3n) is 23.2. The van der Waals surface area contributed by atoms with E-state index < -0.39 is 79.7 Å². The lowest BCUT2D eigenvalue weighted by Gasteiger charge is -2.61. The van der Waals surface area contributed by atoms with Gasteiger partial charge >= 0.3 is 35.8 Å². The lowest BCUT2D eigenvalue weighted by Crippen LogP contribution is -2.62. The van der Waals surface area contributed by atoms with Gasteiger partial charge in [-0.2, -0.15) is 0 Å². The summed E-state index contributed by atoms with van der Waals surface area (Å²) in [4.78, 5) is 100. The summed E-state index contributed by atoms with van der Waals surface area (Å²) in [5.41, 5.74) is -7.94. The molecular formula is C58H82O13. The summed E-state index contributed by atoms with van der Waals surface area (Å²) in [6, 6.07) is 0. The minimum absolute atomic E-state index is 0.0836. The van der Waals surface area contributed by atoms with Crippen molar-refractivity contribution in [1.29, 1.82) is 0 Å². The normalized spacial score (nSPS) is 44.8. The number of hydrogen-bond acceptors (Lipinski definition) is 13. The highest BCUT2D eigenvalue weighted by Gasteiger charge is 2.70. The highest BCUT2D eigenvalue weighted by Crippen LogP contribution is 2.69. The predicted molar refractivity (Wildman–Crippen MR) is 256 cm³/mol. The molecule has 10 aliphatic carbocycles. The minimum Gasteiger partial charge on any atom is -0.465 e. The van der Waals surface area contributed by atoms with Crippen LogP contribution in [0.15, 0.2) is 0 Å². The summed E-state index contributed by atoms with van der Waals surface area (Å²) in [7, 11) is 0. The smallest absolute Gasteiger partial charge is 0.318 e. The topological polar surface area (TPSA) is 175 Å². The molecule has 3 heterocycles. The Hall–Kier alpha value is -3.35. The molecular weight excluding hydrogens is 905 g/mol. The molecule has 13 nitrogen and oxygen atoms in total. The largest absolute Gasteiger partial charge is 0.465 e. The molecule has 0 aromatic heterocycles. The van der Waals surface area contributed by atoms with Crippen LogP contribution in [0.2, 0.25) is 0 Å². The van der Waals surface area contributed by atoms with Crippen LogP contribution in [-0.2, 0) is 62.0 Å². The van der Waals surface area contributed by atoms with E-state index in [0.29, 0.717) is 83.3 Å². The molecule has 10 bridgehead atoms. The molecule has 13 heteroatoms. The standard InChI is InChI=1S/C58H82O13/c1-30-37-18-38(39-26-67-46(61)41(37)39)42(30)51(3,4)27-54(9,48(63)71-58-22-33-15-34(23-58)20-56(19-33,29-58)50(65)68-40-13-11-12-14-66-40)52(5,6)28-55(10,53(7,8)43-31(2)45(60)69-47(43)62)49(64)70-57-21-32-16-35(24-57)44(59)36(17-32)25-57/h30-43H,11-29H2,1-10H3. The fourth-order valence-corrected chi connectivity index (χ4v) is 20.1. The monoisotopic (exact) mass is 987 g/mol. The average Bonchev–Trinajstić information content (AvgIpc) is 4.01. The molecule has 0 N–H and O–H groups in total. The molecule has 392 valence electrons. The third kappa shape index (κ3) is 7.51. The summed E-state index contributed by atoms with van der Waals surface area (Å²) in [6.07, 6.45) is 10.9. The van der Waals surface area contributed by atoms with Crippen molar-refractivity contribution in [2.45, 2.75) is 196 Å². The van der Waals surface area contributed by atoms with E-state index in [2.05, 4.69) is 34.6 Å². The van der Waals surface area contributed by atoms with Crippen molar-refractivity contribution in [2.24, 2.45) is 109 Å². The summed E-state index contributed by atoms with van der Waals surface area (Å²) in [5.74, 6) is -2.72. The number of carbonyl (C=O) groups is 7. The molecule has 3 saturated heterocycles. The van der Waals surface area contributed by atoms with Crippen LogP contribution in [-0.4, -0.2) is 72.3 Å². The van der Waals surface area contributed by atoms with Gasteiger partial charge < -0.3 is 28.4 Å². The Kier molecular flexibility index (Phi) is 11.5. The zero-order valence-corrected chi connectivity index (χ0v) is 44.3. The highest BCUT2D eigenvalue weighted by molar-refractivity contribution is 5.97. The molecule has 15 unspecified atom stereocenters. The number of fused-ring (bicyclic) bond motifs is 5. The first-order valence-corrected chi connectivity index (χ1v) is 27.9. The van der Waals surface area contributed by atoms with Crippen LogP contribution in [0.5, 0.6) is 0 Å². The van der Waals surface area contributed by atoms with Crippen molar-refractivity contribution in [2.75, 3.05) is 13.2 Å². The van der Waals surface area contributed by atoms with Gasteiger partial charge in [-0.1, -0.05) is 55.4 Å². The van der Waals surface area contributed by atoms with E-state index in [0.717, 1.165) is 38.5 Å². The number of carbonyl (C=O) groups excluding carboxylic acids is 7. The maximum absolute atomic E-state index is 16.3. The Labute approximate surface area is 420 Å². The first kappa shape index (κ1) is 49.8. The number of Topliss-reactive ketones (excluding diaryl/α,β-unsaturated/α-hetero) is 1. The fraction of sp³-hybridized carbons (Fsp3) is 0.879. The van der Waals surface area contributed by atoms with Gasteiger partial charge in [0.1, 0.15) is 17.0 Å². The zero-order chi connectivity index (χ0) is 50.8. The van der Waals surface area contributed by atoms with Gasteiger partial charge in [-0.15, -0.1) is 0 Å². The average molecular weight is 987 g/mol. The van der Waals surface area contributed by atoms with Gasteiger partial charge in [0.15, 0.2) is 0 Å². The van der Waals surface area contributed by atoms with E-state index in [4.69, 9.17) is 28.4 Å². The van der Waals surface area contributed by atoms with Crippen LogP contribution in [0.25, 0.3) is 0 Å². The quantitative estimate of drug-likeness (QED) is 0.0915.